The van der Waals surface area contributed by atoms with Crippen molar-refractivity contribution >= 4 is 15.9 Å². The average Bonchev–Trinajstić information content (AvgIpc) is 2.59. The van der Waals surface area contributed by atoms with Crippen molar-refractivity contribution in [3.8, 4) is 5.75 Å². The van der Waals surface area contributed by atoms with Gasteiger partial charge in [-0.25, -0.2) is 13.2 Å². The Bertz CT molecular complexity index is 832. The standard InChI is InChI=1S/C18H22N2O4S/c1-13(14-8-10-16(11-9-14)25(3,22)23)20-18(21)19-12-15-6-4-5-7-17(15)24-2/h4-11,13H,12H2,1-3H3,(H2,19,20,21). The number of benzene rings is 2. The molecule has 0 heterocycles. The van der Waals surface area contributed by atoms with Crippen molar-refractivity contribution in [1.82, 2.24) is 10.6 Å². The van der Waals surface area contributed by atoms with E-state index in [-0.39, 0.29) is 17.0 Å². The summed E-state index contributed by atoms with van der Waals surface area (Å²) in [7, 11) is -1.64. The number of nitrogens with one attached hydrogen (secondary N) is 2. The molecule has 6 nitrogen and oxygen atoms in total. The van der Waals surface area contributed by atoms with Gasteiger partial charge in [0.25, 0.3) is 0 Å². The highest BCUT2D eigenvalue weighted by Crippen LogP contribution is 2.18. The van der Waals surface area contributed by atoms with Crippen LogP contribution in [0.5, 0.6) is 5.75 Å². The average molecular weight is 362 g/mol. The molecule has 0 saturated carbocycles. The maximum atomic E-state index is 12.1. The lowest BCUT2D eigenvalue weighted by molar-refractivity contribution is 0.237. The molecule has 2 aromatic carbocycles. The number of para-hydroxylation sites is 1. The second-order valence-corrected chi connectivity index (χ2v) is 7.72. The number of ether oxygens (including phenoxy) is 1. The van der Waals surface area contributed by atoms with E-state index in [4.69, 9.17) is 4.74 Å². The molecule has 134 valence electrons. The van der Waals surface area contributed by atoms with Crippen LogP contribution in [0, 0.1) is 0 Å². The van der Waals surface area contributed by atoms with E-state index in [9.17, 15) is 13.2 Å². The Morgan fingerprint density at radius 3 is 2.36 bits per heavy atom. The summed E-state index contributed by atoms with van der Waals surface area (Å²) in [5.41, 5.74) is 1.70. The molecule has 0 spiro atoms. The molecule has 0 radical (unpaired) electrons. The van der Waals surface area contributed by atoms with Crippen LogP contribution in [0.25, 0.3) is 0 Å². The highest BCUT2D eigenvalue weighted by atomic mass is 32.2. The van der Waals surface area contributed by atoms with Crippen LogP contribution < -0.4 is 15.4 Å². The van der Waals surface area contributed by atoms with E-state index in [0.29, 0.717) is 12.3 Å². The van der Waals surface area contributed by atoms with E-state index < -0.39 is 9.84 Å². The first kappa shape index (κ1) is 18.8. The number of sulfone groups is 1. The van der Waals surface area contributed by atoms with Gasteiger partial charge in [-0.3, -0.25) is 0 Å². The Labute approximate surface area is 148 Å². The smallest absolute Gasteiger partial charge is 0.315 e. The third-order valence-corrected chi connectivity index (χ3v) is 4.92. The monoisotopic (exact) mass is 362 g/mol. The highest BCUT2D eigenvalue weighted by Gasteiger charge is 2.12. The molecular formula is C18H22N2O4S. The highest BCUT2D eigenvalue weighted by molar-refractivity contribution is 7.90. The summed E-state index contributed by atoms with van der Waals surface area (Å²) in [5, 5.41) is 5.61. The number of hydrogen-bond acceptors (Lipinski definition) is 4. The van der Waals surface area contributed by atoms with E-state index >= 15 is 0 Å². The normalized spacial score (nSPS) is 12.3. The second kappa shape index (κ2) is 8.02. The van der Waals surface area contributed by atoms with Crippen molar-refractivity contribution in [2.75, 3.05) is 13.4 Å². The van der Waals surface area contributed by atoms with Gasteiger partial charge in [-0.1, -0.05) is 30.3 Å². The third-order valence-electron chi connectivity index (χ3n) is 3.79. The summed E-state index contributed by atoms with van der Waals surface area (Å²) in [6.07, 6.45) is 1.16. The fourth-order valence-corrected chi connectivity index (χ4v) is 2.99. The molecule has 0 bridgehead atoms. The van der Waals surface area contributed by atoms with Crippen LogP contribution in [0.2, 0.25) is 0 Å². The van der Waals surface area contributed by atoms with Crippen LogP contribution in [0.3, 0.4) is 0 Å². The number of urea groups is 1. The summed E-state index contributed by atoms with van der Waals surface area (Å²) in [6.45, 7) is 2.17. The van der Waals surface area contributed by atoms with Gasteiger partial charge in [-0.15, -0.1) is 0 Å². The zero-order valence-electron chi connectivity index (χ0n) is 14.4. The number of hydrogen-bond donors (Lipinski definition) is 2. The second-order valence-electron chi connectivity index (χ2n) is 5.70. The van der Waals surface area contributed by atoms with Crippen LogP contribution in [0.4, 0.5) is 4.79 Å². The van der Waals surface area contributed by atoms with E-state index in [2.05, 4.69) is 10.6 Å². The molecule has 0 fully saturated rings. The Morgan fingerprint density at radius 2 is 1.76 bits per heavy atom. The first-order valence-corrected chi connectivity index (χ1v) is 9.66. The molecule has 2 rings (SSSR count). The largest absolute Gasteiger partial charge is 0.496 e. The molecule has 25 heavy (non-hydrogen) atoms. The Balaban J connectivity index is 1.93. The molecule has 2 N–H and O–H groups in total. The molecule has 1 atom stereocenters. The van der Waals surface area contributed by atoms with Gasteiger partial charge < -0.3 is 15.4 Å². The molecular weight excluding hydrogens is 340 g/mol. The topological polar surface area (TPSA) is 84.5 Å². The number of methoxy groups -OCH3 is 1. The predicted molar refractivity (Wildman–Crippen MR) is 96.3 cm³/mol. The molecule has 0 aromatic heterocycles. The van der Waals surface area contributed by atoms with Gasteiger partial charge in [-0.2, -0.15) is 0 Å². The van der Waals surface area contributed by atoms with Crippen molar-refractivity contribution in [2.24, 2.45) is 0 Å². The van der Waals surface area contributed by atoms with E-state index in [1.807, 2.05) is 31.2 Å². The lowest BCUT2D eigenvalue weighted by Gasteiger charge is -2.16. The fraction of sp³-hybridized carbons (Fsp3) is 0.278. The van der Waals surface area contributed by atoms with Crippen LogP contribution in [0.1, 0.15) is 24.1 Å². The van der Waals surface area contributed by atoms with Gasteiger partial charge in [0.05, 0.1) is 18.0 Å². The molecule has 2 amide bonds. The SMILES string of the molecule is COc1ccccc1CNC(=O)NC(C)c1ccc(S(C)(=O)=O)cc1. The zero-order valence-corrected chi connectivity index (χ0v) is 15.3. The summed E-state index contributed by atoms with van der Waals surface area (Å²) < 4.78 is 28.2. The summed E-state index contributed by atoms with van der Waals surface area (Å²) >= 11 is 0. The molecule has 0 aliphatic rings. The first-order chi connectivity index (χ1) is 11.8. The Hall–Kier alpha value is -2.54. The van der Waals surface area contributed by atoms with Crippen LogP contribution in [-0.2, 0) is 16.4 Å². The summed E-state index contributed by atoms with van der Waals surface area (Å²) in [5.74, 6) is 0.715. The summed E-state index contributed by atoms with van der Waals surface area (Å²) in [4.78, 5) is 12.3. The maximum Gasteiger partial charge on any atom is 0.315 e. The van der Waals surface area contributed by atoms with Gasteiger partial charge >= 0.3 is 6.03 Å². The van der Waals surface area contributed by atoms with Crippen LogP contribution in [0.15, 0.2) is 53.4 Å². The maximum absolute atomic E-state index is 12.1. The number of amides is 2. The molecule has 7 heteroatoms. The van der Waals surface area contributed by atoms with Gasteiger partial charge in [-0.05, 0) is 30.7 Å². The molecule has 1 unspecified atom stereocenters. The van der Waals surface area contributed by atoms with Crippen molar-refractivity contribution in [3.63, 3.8) is 0 Å². The van der Waals surface area contributed by atoms with Crippen LogP contribution >= 0.6 is 0 Å². The van der Waals surface area contributed by atoms with Crippen molar-refractivity contribution in [3.05, 3.63) is 59.7 Å². The quantitative estimate of drug-likeness (QED) is 0.827. The molecule has 2 aromatic rings. The van der Waals surface area contributed by atoms with Crippen molar-refractivity contribution < 1.29 is 17.9 Å². The molecule has 0 aliphatic carbocycles. The number of carbonyl (C=O) groups is 1. The van der Waals surface area contributed by atoms with E-state index in [0.717, 1.165) is 17.4 Å². The van der Waals surface area contributed by atoms with Crippen molar-refractivity contribution in [2.45, 2.75) is 24.4 Å². The van der Waals surface area contributed by atoms with Gasteiger partial charge in [0, 0.05) is 18.4 Å². The first-order valence-electron chi connectivity index (χ1n) is 7.77. The number of rotatable bonds is 6. The minimum atomic E-state index is -3.23. The summed E-state index contributed by atoms with van der Waals surface area (Å²) in [6, 6.07) is 13.4. The van der Waals surface area contributed by atoms with Gasteiger partial charge in [0.1, 0.15) is 5.75 Å². The van der Waals surface area contributed by atoms with Gasteiger partial charge in [0.15, 0.2) is 9.84 Å². The predicted octanol–water partition coefficient (Wildman–Crippen LogP) is 2.66. The Morgan fingerprint density at radius 1 is 1.12 bits per heavy atom. The van der Waals surface area contributed by atoms with E-state index in [1.165, 1.54) is 12.1 Å². The molecule has 0 saturated heterocycles. The van der Waals surface area contributed by atoms with Gasteiger partial charge in [0.2, 0.25) is 0 Å². The minimum Gasteiger partial charge on any atom is -0.496 e. The fourth-order valence-electron chi connectivity index (χ4n) is 2.36. The lowest BCUT2D eigenvalue weighted by Crippen LogP contribution is -2.36. The Kier molecular flexibility index (Phi) is 6.03. The minimum absolute atomic E-state index is 0.254. The lowest BCUT2D eigenvalue weighted by atomic mass is 10.1. The third kappa shape index (κ3) is 5.22. The number of carbonyl (C=O) groups excluding carboxylic acids is 1. The van der Waals surface area contributed by atoms with E-state index in [1.54, 1.807) is 19.2 Å². The molecule has 0 aliphatic heterocycles. The zero-order chi connectivity index (χ0) is 18.4. The van der Waals surface area contributed by atoms with Crippen molar-refractivity contribution in [1.29, 1.82) is 0 Å². The van der Waals surface area contributed by atoms with Crippen LogP contribution in [-0.4, -0.2) is 27.8 Å².